The molecule has 1 aromatic heterocycles. The van der Waals surface area contributed by atoms with Gasteiger partial charge in [-0.1, -0.05) is 63.4 Å². The summed E-state index contributed by atoms with van der Waals surface area (Å²) in [6.07, 6.45) is 5.08. The van der Waals surface area contributed by atoms with Crippen LogP contribution in [0.2, 0.25) is 0 Å². The van der Waals surface area contributed by atoms with E-state index in [0.29, 0.717) is 11.5 Å². The fourth-order valence-corrected chi connectivity index (χ4v) is 5.72. The molecule has 1 aliphatic rings. The monoisotopic (exact) mass is 529 g/mol. The maximum absolute atomic E-state index is 15.0. The Bertz CT molecular complexity index is 1360. The van der Waals surface area contributed by atoms with Crippen LogP contribution in [0.15, 0.2) is 51.9 Å². The van der Waals surface area contributed by atoms with Crippen LogP contribution in [-0.2, 0) is 26.7 Å². The van der Waals surface area contributed by atoms with Gasteiger partial charge in [0.1, 0.15) is 11.9 Å². The van der Waals surface area contributed by atoms with Gasteiger partial charge in [-0.15, -0.1) is 0 Å². The second kappa shape index (κ2) is 10.7. The van der Waals surface area contributed by atoms with Crippen molar-refractivity contribution >= 4 is 16.0 Å². The molecule has 0 bridgehead atoms. The molecule has 1 atom stereocenters. The molecule has 0 saturated heterocycles. The number of carboxylic acid groups (broad SMARTS) is 1. The number of carbonyl (C=O) groups is 1. The third-order valence-electron chi connectivity index (χ3n) is 6.74. The first-order chi connectivity index (χ1) is 17.4. The largest absolute Gasteiger partial charge is 0.480 e. The Balaban J connectivity index is 1.48. The van der Waals surface area contributed by atoms with Crippen molar-refractivity contribution < 1.29 is 27.2 Å². The molecule has 1 fully saturated rings. The highest BCUT2D eigenvalue weighted by molar-refractivity contribution is 7.89. The van der Waals surface area contributed by atoms with Crippen molar-refractivity contribution in [3.63, 3.8) is 0 Å². The summed E-state index contributed by atoms with van der Waals surface area (Å²) >= 11 is 0. The Kier molecular flexibility index (Phi) is 7.80. The minimum Gasteiger partial charge on any atom is -0.480 e. The highest BCUT2D eigenvalue weighted by Gasteiger charge is 2.27. The van der Waals surface area contributed by atoms with Gasteiger partial charge in [0.05, 0.1) is 10.5 Å². The standard InChI is InChI=1S/C27H32FN3O5S/c1-27(2,3)19-10-12-20(13-11-19)37(34,35)31-23(26(32)33)16-17-9-14-21(22(28)15-17)24-29-25(36-30-24)18-7-5-4-6-8-18/h9-15,18,23,31H,4-8,16H2,1-3H3,(H,32,33). The van der Waals surface area contributed by atoms with E-state index in [-0.39, 0.29) is 34.0 Å². The predicted molar refractivity (Wildman–Crippen MR) is 136 cm³/mol. The zero-order chi connectivity index (χ0) is 26.8. The Hall–Kier alpha value is -3.11. The average molecular weight is 530 g/mol. The number of hydrogen-bond acceptors (Lipinski definition) is 6. The molecule has 37 heavy (non-hydrogen) atoms. The van der Waals surface area contributed by atoms with Gasteiger partial charge in [0.2, 0.25) is 21.7 Å². The summed E-state index contributed by atoms with van der Waals surface area (Å²) in [5, 5.41) is 13.6. The molecule has 0 spiro atoms. The van der Waals surface area contributed by atoms with E-state index in [1.54, 1.807) is 12.1 Å². The summed E-state index contributed by atoms with van der Waals surface area (Å²) < 4.78 is 48.3. The van der Waals surface area contributed by atoms with Crippen LogP contribution in [0.3, 0.4) is 0 Å². The van der Waals surface area contributed by atoms with E-state index in [9.17, 15) is 22.7 Å². The molecule has 8 nitrogen and oxygen atoms in total. The summed E-state index contributed by atoms with van der Waals surface area (Å²) in [5.74, 6) is -1.17. The number of aliphatic carboxylic acids is 1. The van der Waals surface area contributed by atoms with Gasteiger partial charge in [0, 0.05) is 5.92 Å². The van der Waals surface area contributed by atoms with E-state index in [0.717, 1.165) is 31.2 Å². The molecular weight excluding hydrogens is 497 g/mol. The van der Waals surface area contributed by atoms with Crippen LogP contribution in [-0.4, -0.2) is 35.7 Å². The Labute approximate surface area is 216 Å². The van der Waals surface area contributed by atoms with E-state index in [1.807, 2.05) is 20.8 Å². The van der Waals surface area contributed by atoms with Crippen molar-refractivity contribution in [2.24, 2.45) is 0 Å². The van der Waals surface area contributed by atoms with E-state index in [4.69, 9.17) is 4.52 Å². The van der Waals surface area contributed by atoms with Gasteiger partial charge in [-0.2, -0.15) is 9.71 Å². The van der Waals surface area contributed by atoms with Crippen LogP contribution in [0.4, 0.5) is 4.39 Å². The lowest BCUT2D eigenvalue weighted by atomic mass is 9.87. The second-order valence-corrected chi connectivity index (χ2v) is 12.3. The molecule has 0 radical (unpaired) electrons. The predicted octanol–water partition coefficient (Wildman–Crippen LogP) is 5.20. The Morgan fingerprint density at radius 2 is 1.81 bits per heavy atom. The molecule has 2 aromatic carbocycles. The van der Waals surface area contributed by atoms with E-state index in [2.05, 4.69) is 14.9 Å². The van der Waals surface area contributed by atoms with Gasteiger partial charge in [-0.3, -0.25) is 4.79 Å². The maximum Gasteiger partial charge on any atom is 0.322 e. The van der Waals surface area contributed by atoms with Crippen molar-refractivity contribution in [1.82, 2.24) is 14.9 Å². The number of nitrogens with one attached hydrogen (secondary N) is 1. The van der Waals surface area contributed by atoms with Gasteiger partial charge in [0.15, 0.2) is 0 Å². The van der Waals surface area contributed by atoms with Gasteiger partial charge < -0.3 is 9.63 Å². The quantitative estimate of drug-likeness (QED) is 0.411. The number of sulfonamides is 1. The minimum atomic E-state index is -4.11. The zero-order valence-corrected chi connectivity index (χ0v) is 22.0. The fourth-order valence-electron chi connectivity index (χ4n) is 4.53. The van der Waals surface area contributed by atoms with Gasteiger partial charge in [0.25, 0.3) is 0 Å². The van der Waals surface area contributed by atoms with Gasteiger partial charge in [-0.25, -0.2) is 12.8 Å². The molecule has 0 aliphatic heterocycles. The maximum atomic E-state index is 15.0. The van der Waals surface area contributed by atoms with E-state index >= 15 is 0 Å². The Morgan fingerprint density at radius 3 is 2.41 bits per heavy atom. The van der Waals surface area contributed by atoms with Crippen LogP contribution in [0.25, 0.3) is 11.4 Å². The second-order valence-electron chi connectivity index (χ2n) is 10.6. The molecule has 198 valence electrons. The number of carboxylic acids is 1. The Morgan fingerprint density at radius 1 is 1.14 bits per heavy atom. The molecular formula is C27H32FN3O5S. The molecule has 1 saturated carbocycles. The van der Waals surface area contributed by atoms with Crippen LogP contribution < -0.4 is 4.72 Å². The number of nitrogens with zero attached hydrogens (tertiary/aromatic N) is 2. The molecule has 1 heterocycles. The van der Waals surface area contributed by atoms with Crippen LogP contribution >= 0.6 is 0 Å². The summed E-state index contributed by atoms with van der Waals surface area (Å²) in [6.45, 7) is 6.02. The lowest BCUT2D eigenvalue weighted by Gasteiger charge is -2.20. The normalized spacial score (nSPS) is 16.0. The first kappa shape index (κ1) is 26.9. The average Bonchev–Trinajstić information content (AvgIpc) is 3.34. The summed E-state index contributed by atoms with van der Waals surface area (Å²) in [4.78, 5) is 16.2. The number of hydrogen-bond donors (Lipinski definition) is 2. The fraction of sp³-hybridized carbons (Fsp3) is 0.444. The third-order valence-corrected chi connectivity index (χ3v) is 8.22. The van der Waals surface area contributed by atoms with Crippen molar-refractivity contribution in [2.75, 3.05) is 0 Å². The summed E-state index contributed by atoms with van der Waals surface area (Å²) in [6, 6.07) is 8.99. The number of rotatable bonds is 8. The molecule has 10 heteroatoms. The molecule has 2 N–H and O–H groups in total. The SMILES string of the molecule is CC(C)(C)c1ccc(S(=O)(=O)NC(Cc2ccc(-c3noc(C4CCCCC4)n3)c(F)c2)C(=O)O)cc1. The first-order valence-corrected chi connectivity index (χ1v) is 13.9. The number of halogens is 1. The lowest BCUT2D eigenvalue weighted by Crippen LogP contribution is -2.42. The number of aromatic nitrogens is 2. The van der Waals surface area contributed by atoms with Crippen molar-refractivity contribution in [1.29, 1.82) is 0 Å². The third kappa shape index (κ3) is 6.42. The van der Waals surface area contributed by atoms with Crippen molar-refractivity contribution in [2.45, 2.75) is 81.6 Å². The highest BCUT2D eigenvalue weighted by atomic mass is 32.2. The van der Waals surface area contributed by atoms with Gasteiger partial charge in [-0.05, 0) is 60.1 Å². The van der Waals surface area contributed by atoms with E-state index in [1.165, 1.54) is 36.8 Å². The van der Waals surface area contributed by atoms with Crippen LogP contribution in [0, 0.1) is 5.82 Å². The zero-order valence-electron chi connectivity index (χ0n) is 21.2. The lowest BCUT2D eigenvalue weighted by molar-refractivity contribution is -0.138. The molecule has 1 unspecified atom stereocenters. The van der Waals surface area contributed by atoms with Crippen molar-refractivity contribution in [3.8, 4) is 11.4 Å². The topological polar surface area (TPSA) is 122 Å². The highest BCUT2D eigenvalue weighted by Crippen LogP contribution is 2.33. The molecule has 0 amide bonds. The van der Waals surface area contributed by atoms with Crippen LogP contribution in [0.1, 0.15) is 75.8 Å². The summed E-state index contributed by atoms with van der Waals surface area (Å²) in [5.41, 5.74) is 1.25. The summed E-state index contributed by atoms with van der Waals surface area (Å²) in [7, 11) is -4.11. The smallest absolute Gasteiger partial charge is 0.322 e. The molecule has 1 aliphatic carbocycles. The minimum absolute atomic E-state index is 0.0424. The molecule has 4 rings (SSSR count). The first-order valence-electron chi connectivity index (χ1n) is 12.4. The van der Waals surface area contributed by atoms with Crippen LogP contribution in [0.5, 0.6) is 0 Å². The number of benzene rings is 2. The van der Waals surface area contributed by atoms with Gasteiger partial charge >= 0.3 is 5.97 Å². The van der Waals surface area contributed by atoms with E-state index < -0.39 is 27.9 Å². The van der Waals surface area contributed by atoms with Crippen molar-refractivity contribution in [3.05, 3.63) is 65.3 Å². The molecule has 3 aromatic rings.